The Morgan fingerprint density at radius 1 is 1.29 bits per heavy atom. The molecule has 1 fully saturated rings. The molecule has 6 heteroatoms. The van der Waals surface area contributed by atoms with Crippen LogP contribution in [-0.4, -0.2) is 41.9 Å². The standard InChI is InChI=1S/C18H20N2O4/c21-9-7-13-1-4-15(5-2-13)20-18(22)14-3-6-17(19-11-14)24-16-8-10-23-12-16/h1-6,11,16,21H,7-10,12H2,(H,20,22). The van der Waals surface area contributed by atoms with Crippen molar-refractivity contribution in [1.29, 1.82) is 0 Å². The third-order valence-corrected chi connectivity index (χ3v) is 3.79. The average molecular weight is 328 g/mol. The van der Waals surface area contributed by atoms with Crippen molar-refractivity contribution in [2.75, 3.05) is 25.1 Å². The Morgan fingerprint density at radius 2 is 2.12 bits per heavy atom. The van der Waals surface area contributed by atoms with Crippen LogP contribution in [0.5, 0.6) is 5.88 Å². The first-order chi connectivity index (χ1) is 11.7. The van der Waals surface area contributed by atoms with E-state index >= 15 is 0 Å². The minimum Gasteiger partial charge on any atom is -0.472 e. The summed E-state index contributed by atoms with van der Waals surface area (Å²) in [5.41, 5.74) is 2.18. The van der Waals surface area contributed by atoms with Crippen LogP contribution >= 0.6 is 0 Å². The number of aromatic nitrogens is 1. The predicted molar refractivity (Wildman–Crippen MR) is 89.3 cm³/mol. The lowest BCUT2D eigenvalue weighted by Crippen LogP contribution is -2.17. The van der Waals surface area contributed by atoms with E-state index in [9.17, 15) is 4.79 Å². The van der Waals surface area contributed by atoms with Crippen LogP contribution in [0.25, 0.3) is 0 Å². The van der Waals surface area contributed by atoms with E-state index in [0.717, 1.165) is 12.0 Å². The van der Waals surface area contributed by atoms with E-state index in [1.54, 1.807) is 12.1 Å². The number of hydrogen-bond acceptors (Lipinski definition) is 5. The molecule has 0 spiro atoms. The second kappa shape index (κ2) is 7.90. The van der Waals surface area contributed by atoms with Crippen LogP contribution in [0.4, 0.5) is 5.69 Å². The van der Waals surface area contributed by atoms with Gasteiger partial charge in [-0.05, 0) is 30.2 Å². The highest BCUT2D eigenvalue weighted by atomic mass is 16.5. The van der Waals surface area contributed by atoms with Crippen LogP contribution in [-0.2, 0) is 11.2 Å². The van der Waals surface area contributed by atoms with Crippen molar-refractivity contribution in [1.82, 2.24) is 4.98 Å². The van der Waals surface area contributed by atoms with Gasteiger partial charge in [-0.2, -0.15) is 0 Å². The van der Waals surface area contributed by atoms with Gasteiger partial charge in [0.25, 0.3) is 5.91 Å². The normalized spacial score (nSPS) is 16.8. The summed E-state index contributed by atoms with van der Waals surface area (Å²) in [5.74, 6) is 0.267. The molecule has 1 aliphatic heterocycles. The number of amides is 1. The number of rotatable bonds is 6. The van der Waals surface area contributed by atoms with Gasteiger partial charge in [0.05, 0.1) is 18.8 Å². The van der Waals surface area contributed by atoms with Gasteiger partial charge in [-0.25, -0.2) is 4.98 Å². The molecule has 1 saturated heterocycles. The molecule has 1 aliphatic rings. The van der Waals surface area contributed by atoms with Crippen molar-refractivity contribution in [2.45, 2.75) is 18.9 Å². The maximum absolute atomic E-state index is 12.2. The van der Waals surface area contributed by atoms with Crippen LogP contribution in [0.15, 0.2) is 42.6 Å². The smallest absolute Gasteiger partial charge is 0.257 e. The number of hydrogen-bond donors (Lipinski definition) is 2. The van der Waals surface area contributed by atoms with Gasteiger partial charge in [0.1, 0.15) is 6.10 Å². The fourth-order valence-electron chi connectivity index (χ4n) is 2.45. The summed E-state index contributed by atoms with van der Waals surface area (Å²) in [4.78, 5) is 16.4. The van der Waals surface area contributed by atoms with E-state index in [1.807, 2.05) is 24.3 Å². The van der Waals surface area contributed by atoms with Crippen LogP contribution < -0.4 is 10.1 Å². The molecular weight excluding hydrogens is 308 g/mol. The minimum absolute atomic E-state index is 0.0367. The Balaban J connectivity index is 1.57. The van der Waals surface area contributed by atoms with Crippen LogP contribution in [0.2, 0.25) is 0 Å². The molecule has 6 nitrogen and oxygen atoms in total. The molecule has 1 atom stereocenters. The van der Waals surface area contributed by atoms with Gasteiger partial charge in [0.2, 0.25) is 5.88 Å². The first-order valence-electron chi connectivity index (χ1n) is 7.96. The van der Waals surface area contributed by atoms with Crippen molar-refractivity contribution in [3.8, 4) is 5.88 Å². The maximum Gasteiger partial charge on any atom is 0.257 e. The van der Waals surface area contributed by atoms with Gasteiger partial charge in [0.15, 0.2) is 0 Å². The van der Waals surface area contributed by atoms with Gasteiger partial charge >= 0.3 is 0 Å². The molecule has 0 radical (unpaired) electrons. The number of aliphatic hydroxyl groups excluding tert-OH is 1. The summed E-state index contributed by atoms with van der Waals surface area (Å²) in [6.07, 6.45) is 3.00. The quantitative estimate of drug-likeness (QED) is 0.848. The third kappa shape index (κ3) is 4.31. The lowest BCUT2D eigenvalue weighted by atomic mass is 10.1. The molecule has 3 rings (SSSR count). The zero-order chi connectivity index (χ0) is 16.8. The molecule has 2 aromatic rings. The van der Waals surface area contributed by atoms with Gasteiger partial charge in [-0.15, -0.1) is 0 Å². The summed E-state index contributed by atoms with van der Waals surface area (Å²) in [5, 5.41) is 11.7. The SMILES string of the molecule is O=C(Nc1ccc(CCO)cc1)c1ccc(OC2CCOC2)nc1. The summed E-state index contributed by atoms with van der Waals surface area (Å²) >= 11 is 0. The summed E-state index contributed by atoms with van der Waals surface area (Å²) < 4.78 is 10.9. The molecule has 1 aromatic carbocycles. The Kier molecular flexibility index (Phi) is 5.40. The fourth-order valence-corrected chi connectivity index (χ4v) is 2.45. The van der Waals surface area contributed by atoms with Crippen molar-refractivity contribution in [3.63, 3.8) is 0 Å². The molecular formula is C18H20N2O4. The zero-order valence-corrected chi connectivity index (χ0v) is 13.3. The highest BCUT2D eigenvalue weighted by molar-refractivity contribution is 6.04. The maximum atomic E-state index is 12.2. The molecule has 2 N–H and O–H groups in total. The molecule has 1 unspecified atom stereocenters. The van der Waals surface area contributed by atoms with Crippen molar-refractivity contribution >= 4 is 11.6 Å². The lowest BCUT2D eigenvalue weighted by molar-refractivity contribution is 0.102. The number of ether oxygens (including phenoxy) is 2. The van der Waals surface area contributed by atoms with Gasteiger partial charge in [0, 0.05) is 31.0 Å². The van der Waals surface area contributed by atoms with Crippen LogP contribution in [0.3, 0.4) is 0 Å². The largest absolute Gasteiger partial charge is 0.472 e. The average Bonchev–Trinajstić information content (AvgIpc) is 3.10. The highest BCUT2D eigenvalue weighted by Gasteiger charge is 2.17. The van der Waals surface area contributed by atoms with Gasteiger partial charge < -0.3 is 19.9 Å². The number of carbonyl (C=O) groups is 1. The molecule has 24 heavy (non-hydrogen) atoms. The fraction of sp³-hybridized carbons (Fsp3) is 0.333. The Morgan fingerprint density at radius 3 is 2.75 bits per heavy atom. The number of benzene rings is 1. The monoisotopic (exact) mass is 328 g/mol. The zero-order valence-electron chi connectivity index (χ0n) is 13.3. The first-order valence-corrected chi connectivity index (χ1v) is 7.96. The van der Waals surface area contributed by atoms with Crippen molar-refractivity contribution in [3.05, 3.63) is 53.7 Å². The van der Waals surface area contributed by atoms with Gasteiger partial charge in [-0.3, -0.25) is 4.79 Å². The molecule has 1 aromatic heterocycles. The van der Waals surface area contributed by atoms with E-state index in [-0.39, 0.29) is 18.6 Å². The van der Waals surface area contributed by atoms with Gasteiger partial charge in [-0.1, -0.05) is 12.1 Å². The number of anilines is 1. The number of carbonyl (C=O) groups excluding carboxylic acids is 1. The Hall–Kier alpha value is -2.44. The third-order valence-electron chi connectivity index (χ3n) is 3.79. The molecule has 126 valence electrons. The van der Waals surface area contributed by atoms with Crippen molar-refractivity contribution in [2.24, 2.45) is 0 Å². The number of nitrogens with zero attached hydrogens (tertiary/aromatic N) is 1. The van der Waals surface area contributed by atoms with E-state index in [0.29, 0.717) is 36.8 Å². The first kappa shape index (κ1) is 16.4. The Bertz CT molecular complexity index is 664. The Labute approximate surface area is 140 Å². The molecule has 2 heterocycles. The lowest BCUT2D eigenvalue weighted by Gasteiger charge is -2.11. The minimum atomic E-state index is -0.229. The van der Waals surface area contributed by atoms with E-state index in [4.69, 9.17) is 14.6 Å². The van der Waals surface area contributed by atoms with Crippen LogP contribution in [0, 0.1) is 0 Å². The molecule has 0 aliphatic carbocycles. The number of pyridine rings is 1. The molecule has 0 saturated carbocycles. The van der Waals surface area contributed by atoms with E-state index in [1.165, 1.54) is 6.20 Å². The highest BCUT2D eigenvalue weighted by Crippen LogP contribution is 2.16. The molecule has 1 amide bonds. The number of aliphatic hydroxyl groups is 1. The second-order valence-electron chi connectivity index (χ2n) is 5.61. The summed E-state index contributed by atoms with van der Waals surface area (Å²) in [6, 6.07) is 10.8. The predicted octanol–water partition coefficient (Wildman–Crippen LogP) is 2.04. The summed E-state index contributed by atoms with van der Waals surface area (Å²) in [7, 11) is 0. The van der Waals surface area contributed by atoms with E-state index < -0.39 is 0 Å². The second-order valence-corrected chi connectivity index (χ2v) is 5.61. The molecule has 0 bridgehead atoms. The topological polar surface area (TPSA) is 80.7 Å². The van der Waals surface area contributed by atoms with E-state index in [2.05, 4.69) is 10.3 Å². The van der Waals surface area contributed by atoms with Crippen LogP contribution in [0.1, 0.15) is 22.3 Å². The summed E-state index contributed by atoms with van der Waals surface area (Å²) in [6.45, 7) is 1.40. The number of nitrogens with one attached hydrogen (secondary N) is 1. The van der Waals surface area contributed by atoms with Crippen molar-refractivity contribution < 1.29 is 19.4 Å².